The largest absolute Gasteiger partial charge is 0.480 e. The molecule has 0 saturated heterocycles. The van der Waals surface area contributed by atoms with Crippen LogP contribution in [0.1, 0.15) is 78.6 Å². The second-order valence-corrected chi connectivity index (χ2v) is 5.67. The summed E-state index contributed by atoms with van der Waals surface area (Å²) >= 11 is 0. The zero-order valence-corrected chi connectivity index (χ0v) is 13.2. The first-order chi connectivity index (χ1) is 9.47. The first kappa shape index (κ1) is 18.9. The zero-order valence-electron chi connectivity index (χ0n) is 13.2. The third-order valence-electron chi connectivity index (χ3n) is 4.15. The molecule has 0 aromatic rings. The standard InChI is InChI=1S/C16H30O4/c1-4-7-8-9-11-13(10-5-2)16(12-6-3,14(17)18)15(19)20/h13H,4-12H2,1-3H3,(H,17,18)(H,19,20). The lowest BCUT2D eigenvalue weighted by atomic mass is 9.68. The highest BCUT2D eigenvalue weighted by atomic mass is 16.4. The molecule has 0 aromatic heterocycles. The van der Waals surface area contributed by atoms with Gasteiger partial charge in [0.1, 0.15) is 0 Å². The molecule has 1 atom stereocenters. The van der Waals surface area contributed by atoms with Crippen LogP contribution >= 0.6 is 0 Å². The summed E-state index contributed by atoms with van der Waals surface area (Å²) in [6, 6.07) is 0. The smallest absolute Gasteiger partial charge is 0.321 e. The summed E-state index contributed by atoms with van der Waals surface area (Å²) in [7, 11) is 0. The van der Waals surface area contributed by atoms with Crippen molar-refractivity contribution in [3.05, 3.63) is 0 Å². The van der Waals surface area contributed by atoms with Gasteiger partial charge in [0.2, 0.25) is 0 Å². The van der Waals surface area contributed by atoms with Gasteiger partial charge in [0.05, 0.1) is 0 Å². The first-order valence-corrected chi connectivity index (χ1v) is 7.94. The summed E-state index contributed by atoms with van der Waals surface area (Å²) in [5, 5.41) is 19.1. The summed E-state index contributed by atoms with van der Waals surface area (Å²) in [6.45, 7) is 5.96. The van der Waals surface area contributed by atoms with Gasteiger partial charge in [-0.25, -0.2) is 0 Å². The van der Waals surface area contributed by atoms with Crippen LogP contribution in [0.3, 0.4) is 0 Å². The summed E-state index contributed by atoms with van der Waals surface area (Å²) in [5.74, 6) is -2.60. The monoisotopic (exact) mass is 286 g/mol. The highest BCUT2D eigenvalue weighted by molar-refractivity contribution is 5.98. The zero-order chi connectivity index (χ0) is 15.6. The maximum Gasteiger partial charge on any atom is 0.321 e. The van der Waals surface area contributed by atoms with Crippen molar-refractivity contribution in [3.63, 3.8) is 0 Å². The molecule has 0 rings (SSSR count). The molecule has 0 aromatic carbocycles. The molecular formula is C16H30O4. The Labute approximate surface area is 122 Å². The summed E-state index contributed by atoms with van der Waals surface area (Å²) in [5.41, 5.74) is -1.60. The minimum absolute atomic E-state index is 0.218. The van der Waals surface area contributed by atoms with Gasteiger partial charge in [-0.3, -0.25) is 9.59 Å². The molecule has 0 heterocycles. The first-order valence-electron chi connectivity index (χ1n) is 7.94. The normalized spacial score (nSPS) is 13.2. The van der Waals surface area contributed by atoms with E-state index in [2.05, 4.69) is 6.92 Å². The van der Waals surface area contributed by atoms with Crippen LogP contribution in [0.5, 0.6) is 0 Å². The Kier molecular flexibility index (Phi) is 9.26. The van der Waals surface area contributed by atoms with E-state index in [1.807, 2.05) is 13.8 Å². The van der Waals surface area contributed by atoms with E-state index in [4.69, 9.17) is 0 Å². The van der Waals surface area contributed by atoms with E-state index in [0.717, 1.165) is 32.1 Å². The highest BCUT2D eigenvalue weighted by Crippen LogP contribution is 2.40. The van der Waals surface area contributed by atoms with Crippen molar-refractivity contribution in [2.24, 2.45) is 11.3 Å². The summed E-state index contributed by atoms with van der Waals surface area (Å²) < 4.78 is 0. The van der Waals surface area contributed by atoms with Gasteiger partial charge in [-0.2, -0.15) is 0 Å². The molecule has 0 aliphatic carbocycles. The Morgan fingerprint density at radius 1 is 0.850 bits per heavy atom. The fraction of sp³-hybridized carbons (Fsp3) is 0.875. The summed E-state index contributed by atoms with van der Waals surface area (Å²) in [4.78, 5) is 23.4. The van der Waals surface area contributed by atoms with Crippen LogP contribution in [0.4, 0.5) is 0 Å². The molecule has 1 unspecified atom stereocenters. The van der Waals surface area contributed by atoms with Crippen LogP contribution in [0.2, 0.25) is 0 Å². The number of hydrogen-bond acceptors (Lipinski definition) is 2. The molecular weight excluding hydrogens is 256 g/mol. The maximum atomic E-state index is 11.7. The van der Waals surface area contributed by atoms with Crippen molar-refractivity contribution in [2.75, 3.05) is 0 Å². The molecule has 0 aliphatic rings. The Bertz CT molecular complexity index is 285. The van der Waals surface area contributed by atoms with Gasteiger partial charge < -0.3 is 10.2 Å². The van der Waals surface area contributed by atoms with E-state index in [1.165, 1.54) is 0 Å². The lowest BCUT2D eigenvalue weighted by molar-refractivity contribution is -0.171. The lowest BCUT2D eigenvalue weighted by Crippen LogP contribution is -2.45. The third-order valence-corrected chi connectivity index (χ3v) is 4.15. The molecule has 0 aliphatic heterocycles. The number of rotatable bonds is 12. The fourth-order valence-corrected chi connectivity index (χ4v) is 3.06. The van der Waals surface area contributed by atoms with Crippen molar-refractivity contribution in [3.8, 4) is 0 Å². The molecule has 4 heteroatoms. The van der Waals surface area contributed by atoms with E-state index in [0.29, 0.717) is 19.3 Å². The average molecular weight is 286 g/mol. The maximum absolute atomic E-state index is 11.7. The molecule has 0 saturated carbocycles. The Hall–Kier alpha value is -1.06. The molecule has 2 N–H and O–H groups in total. The van der Waals surface area contributed by atoms with E-state index in [-0.39, 0.29) is 12.3 Å². The SMILES string of the molecule is CCCCCCC(CCC)C(CCC)(C(=O)O)C(=O)O. The van der Waals surface area contributed by atoms with E-state index < -0.39 is 17.4 Å². The Balaban J connectivity index is 5.09. The van der Waals surface area contributed by atoms with Crippen LogP contribution < -0.4 is 0 Å². The average Bonchev–Trinajstić information content (AvgIpc) is 2.39. The topological polar surface area (TPSA) is 74.6 Å². The Morgan fingerprint density at radius 3 is 1.85 bits per heavy atom. The second kappa shape index (κ2) is 9.78. The van der Waals surface area contributed by atoms with Crippen LogP contribution in [-0.4, -0.2) is 22.2 Å². The minimum atomic E-state index is -1.60. The van der Waals surface area contributed by atoms with Gasteiger partial charge in [0, 0.05) is 0 Å². The molecule has 0 bridgehead atoms. The number of unbranched alkanes of at least 4 members (excludes halogenated alkanes) is 3. The van der Waals surface area contributed by atoms with Crippen LogP contribution in [0, 0.1) is 11.3 Å². The molecule has 4 nitrogen and oxygen atoms in total. The van der Waals surface area contributed by atoms with Crippen LogP contribution in [0.25, 0.3) is 0 Å². The van der Waals surface area contributed by atoms with E-state index in [9.17, 15) is 19.8 Å². The number of carboxylic acids is 2. The molecule has 0 radical (unpaired) electrons. The van der Waals surface area contributed by atoms with Gasteiger partial charge >= 0.3 is 11.9 Å². The van der Waals surface area contributed by atoms with Crippen molar-refractivity contribution in [1.82, 2.24) is 0 Å². The Morgan fingerprint density at radius 2 is 1.45 bits per heavy atom. The van der Waals surface area contributed by atoms with Crippen LogP contribution in [0.15, 0.2) is 0 Å². The third kappa shape index (κ3) is 4.80. The quantitative estimate of drug-likeness (QED) is 0.413. The van der Waals surface area contributed by atoms with Gasteiger partial charge in [-0.1, -0.05) is 59.3 Å². The van der Waals surface area contributed by atoms with E-state index >= 15 is 0 Å². The number of carbonyl (C=O) groups is 2. The molecule has 0 fully saturated rings. The van der Waals surface area contributed by atoms with Gasteiger partial charge in [-0.05, 0) is 25.2 Å². The summed E-state index contributed by atoms with van der Waals surface area (Å²) in [6.07, 6.45) is 7.21. The number of carboxylic acid groups (broad SMARTS) is 2. The van der Waals surface area contributed by atoms with Gasteiger partial charge in [0.15, 0.2) is 5.41 Å². The number of aliphatic carboxylic acids is 2. The predicted octanol–water partition coefficient (Wildman–Crippen LogP) is 4.33. The highest BCUT2D eigenvalue weighted by Gasteiger charge is 2.51. The fourth-order valence-electron chi connectivity index (χ4n) is 3.06. The predicted molar refractivity (Wildman–Crippen MR) is 79.8 cm³/mol. The second-order valence-electron chi connectivity index (χ2n) is 5.67. The van der Waals surface area contributed by atoms with E-state index in [1.54, 1.807) is 0 Å². The van der Waals surface area contributed by atoms with Crippen molar-refractivity contribution >= 4 is 11.9 Å². The van der Waals surface area contributed by atoms with Crippen LogP contribution in [-0.2, 0) is 9.59 Å². The van der Waals surface area contributed by atoms with Gasteiger partial charge in [-0.15, -0.1) is 0 Å². The molecule has 20 heavy (non-hydrogen) atoms. The minimum Gasteiger partial charge on any atom is -0.480 e. The van der Waals surface area contributed by atoms with Crippen molar-refractivity contribution in [2.45, 2.75) is 78.6 Å². The van der Waals surface area contributed by atoms with Gasteiger partial charge in [0.25, 0.3) is 0 Å². The number of hydrogen-bond donors (Lipinski definition) is 2. The molecule has 0 spiro atoms. The molecule has 118 valence electrons. The van der Waals surface area contributed by atoms with Crippen molar-refractivity contribution in [1.29, 1.82) is 0 Å². The lowest BCUT2D eigenvalue weighted by Gasteiger charge is -2.33. The van der Waals surface area contributed by atoms with Crippen molar-refractivity contribution < 1.29 is 19.8 Å². The molecule has 0 amide bonds.